The van der Waals surface area contributed by atoms with E-state index in [9.17, 15) is 22.0 Å². The van der Waals surface area contributed by atoms with Gasteiger partial charge in [0.1, 0.15) is 13.2 Å². The quantitative estimate of drug-likeness (QED) is 0.438. The Balaban J connectivity index is 1.40. The number of ether oxygens (including phenoxy) is 1. The van der Waals surface area contributed by atoms with Crippen LogP contribution in [0.5, 0.6) is 0 Å². The predicted molar refractivity (Wildman–Crippen MR) is 109 cm³/mol. The molecule has 7 nitrogen and oxygen atoms in total. The molecule has 5 rings (SSSR count). The minimum atomic E-state index is -3.93. The van der Waals surface area contributed by atoms with Gasteiger partial charge in [0, 0.05) is 5.39 Å². The summed E-state index contributed by atoms with van der Waals surface area (Å²) in [4.78, 5) is 16.7. The third kappa shape index (κ3) is 3.02. The molecule has 0 atom stereocenters. The lowest BCUT2D eigenvalue weighted by atomic mass is 10.1. The molecule has 0 bridgehead atoms. The molecule has 0 radical (unpaired) electrons. The zero-order valence-corrected chi connectivity index (χ0v) is 16.7. The molecule has 0 N–H and O–H groups in total. The fourth-order valence-corrected chi connectivity index (χ4v) is 5.51. The summed E-state index contributed by atoms with van der Waals surface area (Å²) in [6.07, 6.45) is 0. The monoisotopic (exact) mass is 443 g/mol. The Morgan fingerprint density at radius 1 is 1.03 bits per heavy atom. The van der Waals surface area contributed by atoms with Crippen LogP contribution in [-0.4, -0.2) is 30.5 Å². The highest BCUT2D eigenvalue weighted by atomic mass is 32.2. The topological polar surface area (TPSA) is 81.5 Å². The number of carbonyl (C=O) groups is 1. The Kier molecular flexibility index (Phi) is 4.40. The first-order valence-electron chi connectivity index (χ1n) is 9.32. The molecule has 0 spiro atoms. The van der Waals surface area contributed by atoms with Gasteiger partial charge in [0.05, 0.1) is 21.6 Å². The van der Waals surface area contributed by atoms with E-state index in [1.807, 2.05) is 0 Å². The lowest BCUT2D eigenvalue weighted by Gasteiger charge is -2.18. The van der Waals surface area contributed by atoms with Gasteiger partial charge in [-0.3, -0.25) is 13.7 Å². The number of aromatic nitrogens is 2. The summed E-state index contributed by atoms with van der Waals surface area (Å²) >= 11 is 0. The number of sulfonamides is 1. The van der Waals surface area contributed by atoms with Crippen LogP contribution in [0, 0.1) is 0 Å². The van der Waals surface area contributed by atoms with Gasteiger partial charge in [0.2, 0.25) is 0 Å². The van der Waals surface area contributed by atoms with Gasteiger partial charge in [-0.2, -0.15) is 8.78 Å². The molecule has 31 heavy (non-hydrogen) atoms. The standard InChI is InChI=1S/C21H15F2N3O4S/c22-21(23)26-15-8-2-1-7-14(15)24-18(26)12-30-19(27)11-25-16-9-3-5-13-6-4-10-17(20(13)16)31(25,28)29/h1-10,21H,11-12H2. The number of halogens is 2. The van der Waals surface area contributed by atoms with Gasteiger partial charge in [0.15, 0.2) is 5.82 Å². The zero-order valence-electron chi connectivity index (χ0n) is 15.9. The van der Waals surface area contributed by atoms with Crippen molar-refractivity contribution >= 4 is 43.5 Å². The number of anilines is 1. The van der Waals surface area contributed by atoms with Crippen LogP contribution >= 0.6 is 0 Å². The van der Waals surface area contributed by atoms with Gasteiger partial charge in [-0.05, 0) is 29.7 Å². The van der Waals surface area contributed by atoms with Crippen molar-refractivity contribution in [3.05, 3.63) is 66.5 Å². The number of para-hydroxylation sites is 2. The smallest absolute Gasteiger partial charge is 0.327 e. The number of alkyl halides is 2. The number of fused-ring (bicyclic) bond motifs is 1. The van der Waals surface area contributed by atoms with Crippen LogP contribution < -0.4 is 4.31 Å². The average Bonchev–Trinajstić information content (AvgIpc) is 3.22. The van der Waals surface area contributed by atoms with Crippen LogP contribution in [0.25, 0.3) is 21.8 Å². The maximum absolute atomic E-state index is 13.5. The summed E-state index contributed by atoms with van der Waals surface area (Å²) in [5.74, 6) is -1.000. The van der Waals surface area contributed by atoms with Crippen molar-refractivity contribution in [3.8, 4) is 0 Å². The number of benzene rings is 3. The van der Waals surface area contributed by atoms with E-state index >= 15 is 0 Å². The van der Waals surface area contributed by atoms with Gasteiger partial charge in [-0.1, -0.05) is 36.4 Å². The van der Waals surface area contributed by atoms with E-state index in [1.165, 1.54) is 12.1 Å². The van der Waals surface area contributed by atoms with Gasteiger partial charge in [-0.25, -0.2) is 13.4 Å². The van der Waals surface area contributed by atoms with Crippen LogP contribution in [0.1, 0.15) is 12.4 Å². The highest BCUT2D eigenvalue weighted by molar-refractivity contribution is 7.93. The molecule has 2 heterocycles. The van der Waals surface area contributed by atoms with Gasteiger partial charge >= 0.3 is 12.5 Å². The maximum atomic E-state index is 13.5. The predicted octanol–water partition coefficient (Wildman–Crippen LogP) is 3.84. The minimum Gasteiger partial charge on any atom is -0.456 e. The van der Waals surface area contributed by atoms with Gasteiger partial charge in [-0.15, -0.1) is 0 Å². The van der Waals surface area contributed by atoms with Crippen LogP contribution in [0.4, 0.5) is 14.5 Å². The summed E-state index contributed by atoms with van der Waals surface area (Å²) in [6, 6.07) is 16.3. The van der Waals surface area contributed by atoms with Gasteiger partial charge < -0.3 is 4.74 Å². The molecule has 158 valence electrons. The Morgan fingerprint density at radius 2 is 1.77 bits per heavy atom. The molecule has 0 saturated carbocycles. The molecule has 1 aliphatic rings. The molecular formula is C21H15F2N3O4S. The Hall–Kier alpha value is -3.53. The van der Waals surface area contributed by atoms with Crippen LogP contribution in [-0.2, 0) is 26.2 Å². The van der Waals surface area contributed by atoms with Crippen molar-refractivity contribution in [2.24, 2.45) is 0 Å². The van der Waals surface area contributed by atoms with Crippen molar-refractivity contribution < 1.29 is 26.7 Å². The van der Waals surface area contributed by atoms with Crippen molar-refractivity contribution in [1.82, 2.24) is 9.55 Å². The summed E-state index contributed by atoms with van der Waals surface area (Å²) < 4.78 is 59.7. The highest BCUT2D eigenvalue weighted by Gasteiger charge is 2.37. The lowest BCUT2D eigenvalue weighted by molar-refractivity contribution is -0.143. The number of carbonyl (C=O) groups excluding carboxylic acids is 1. The van der Waals surface area contributed by atoms with E-state index in [1.54, 1.807) is 48.5 Å². The molecule has 10 heteroatoms. The molecule has 3 aromatic carbocycles. The fourth-order valence-electron chi connectivity index (χ4n) is 3.85. The third-order valence-corrected chi connectivity index (χ3v) is 6.98. The third-order valence-electron chi connectivity index (χ3n) is 5.18. The second kappa shape index (κ2) is 7.02. The highest BCUT2D eigenvalue weighted by Crippen LogP contribution is 2.41. The van der Waals surface area contributed by atoms with Crippen LogP contribution in [0.2, 0.25) is 0 Å². The largest absolute Gasteiger partial charge is 0.456 e. The summed E-state index contributed by atoms with van der Waals surface area (Å²) in [5, 5.41) is 1.28. The normalized spacial score (nSPS) is 14.6. The molecule has 1 aromatic heterocycles. The number of hydrogen-bond donors (Lipinski definition) is 0. The number of imidazole rings is 1. The second-order valence-electron chi connectivity index (χ2n) is 6.97. The maximum Gasteiger partial charge on any atom is 0.327 e. The fraction of sp³-hybridized carbons (Fsp3) is 0.143. The molecule has 0 fully saturated rings. The van der Waals surface area contributed by atoms with Crippen molar-refractivity contribution in [3.63, 3.8) is 0 Å². The molecule has 0 amide bonds. The van der Waals surface area contributed by atoms with E-state index in [0.29, 0.717) is 21.2 Å². The molecular weight excluding hydrogens is 428 g/mol. The van der Waals surface area contributed by atoms with Crippen molar-refractivity contribution in [2.45, 2.75) is 18.1 Å². The molecule has 1 aliphatic heterocycles. The number of hydrogen-bond acceptors (Lipinski definition) is 5. The van der Waals surface area contributed by atoms with Crippen molar-refractivity contribution in [1.29, 1.82) is 0 Å². The lowest BCUT2D eigenvalue weighted by Crippen LogP contribution is -2.33. The van der Waals surface area contributed by atoms with Gasteiger partial charge in [0.25, 0.3) is 10.0 Å². The molecule has 4 aromatic rings. The van der Waals surface area contributed by atoms with E-state index in [0.717, 1.165) is 9.69 Å². The molecule has 0 saturated heterocycles. The van der Waals surface area contributed by atoms with E-state index < -0.39 is 35.7 Å². The Bertz CT molecular complexity index is 1440. The number of rotatable bonds is 5. The number of esters is 1. The Morgan fingerprint density at radius 3 is 2.55 bits per heavy atom. The van der Waals surface area contributed by atoms with Crippen LogP contribution in [0.3, 0.4) is 0 Å². The van der Waals surface area contributed by atoms with Crippen LogP contribution in [0.15, 0.2) is 65.6 Å². The molecule has 0 aliphatic carbocycles. The summed E-state index contributed by atoms with van der Waals surface area (Å²) in [6.45, 7) is -3.96. The average molecular weight is 443 g/mol. The van der Waals surface area contributed by atoms with Crippen molar-refractivity contribution in [2.75, 3.05) is 10.8 Å². The van der Waals surface area contributed by atoms with E-state index in [2.05, 4.69) is 4.98 Å². The zero-order chi connectivity index (χ0) is 21.8. The first kappa shape index (κ1) is 19.4. The van der Waals surface area contributed by atoms with E-state index in [4.69, 9.17) is 4.74 Å². The van der Waals surface area contributed by atoms with E-state index in [-0.39, 0.29) is 16.2 Å². The summed E-state index contributed by atoms with van der Waals surface area (Å²) in [7, 11) is -3.93. The summed E-state index contributed by atoms with van der Waals surface area (Å²) in [5.41, 5.74) is 0.941. The second-order valence-corrected chi connectivity index (χ2v) is 8.80. The molecule has 0 unspecified atom stereocenters. The first-order valence-corrected chi connectivity index (χ1v) is 10.8. The number of nitrogens with zero attached hydrogens (tertiary/aromatic N) is 3. The minimum absolute atomic E-state index is 0.118. The first-order chi connectivity index (χ1) is 14.9. The Labute approximate surface area is 175 Å². The SMILES string of the molecule is O=C(CN1c2cccc3cccc(c23)S1(=O)=O)OCc1nc2ccccc2n1C(F)F.